The first-order valence-corrected chi connectivity index (χ1v) is 10.4. The van der Waals surface area contributed by atoms with Crippen LogP contribution < -0.4 is 11.0 Å². The topological polar surface area (TPSA) is 79.8 Å². The van der Waals surface area contributed by atoms with Crippen LogP contribution in [0.2, 0.25) is 0 Å². The number of hydrogen-bond acceptors (Lipinski definition) is 3. The summed E-state index contributed by atoms with van der Waals surface area (Å²) in [6.07, 6.45) is 2.27. The number of fused-ring (bicyclic) bond motifs is 2. The molecule has 2 heterocycles. The first-order chi connectivity index (χ1) is 14.5. The van der Waals surface area contributed by atoms with Gasteiger partial charge in [0.15, 0.2) is 0 Å². The van der Waals surface area contributed by atoms with Gasteiger partial charge in [0.1, 0.15) is 0 Å². The number of imidazole rings is 1. The Morgan fingerprint density at radius 2 is 2.00 bits per heavy atom. The number of para-hydroxylation sites is 2. The highest BCUT2D eigenvalue weighted by Gasteiger charge is 2.27. The Morgan fingerprint density at radius 1 is 1.20 bits per heavy atom. The molecule has 152 valence electrons. The van der Waals surface area contributed by atoms with Gasteiger partial charge in [-0.15, -0.1) is 0 Å². The summed E-state index contributed by atoms with van der Waals surface area (Å²) in [5.74, 6) is 0.343. The van der Waals surface area contributed by atoms with Crippen molar-refractivity contribution in [3.05, 3.63) is 75.3 Å². The van der Waals surface area contributed by atoms with E-state index >= 15 is 0 Å². The maximum atomic E-state index is 13.1. The van der Waals surface area contributed by atoms with Gasteiger partial charge in [0, 0.05) is 30.1 Å². The quantitative estimate of drug-likeness (QED) is 0.535. The molecule has 6 nitrogen and oxygen atoms in total. The number of carbonyl (C=O) groups is 1. The molecular weight excluding hydrogens is 376 g/mol. The van der Waals surface area contributed by atoms with Gasteiger partial charge in [-0.3, -0.25) is 14.3 Å². The third-order valence-corrected chi connectivity index (χ3v) is 5.81. The highest BCUT2D eigenvalue weighted by atomic mass is 16.2. The van der Waals surface area contributed by atoms with E-state index in [4.69, 9.17) is 4.98 Å². The summed E-state index contributed by atoms with van der Waals surface area (Å²) in [7, 11) is 0. The number of rotatable bonds is 5. The Bertz CT molecular complexity index is 1340. The Hall–Kier alpha value is -3.41. The lowest BCUT2D eigenvalue weighted by Crippen LogP contribution is -2.30. The Labute approximate surface area is 173 Å². The van der Waals surface area contributed by atoms with Gasteiger partial charge in [-0.25, -0.2) is 4.79 Å². The second kappa shape index (κ2) is 7.13. The van der Waals surface area contributed by atoms with Gasteiger partial charge in [0.05, 0.1) is 22.1 Å². The van der Waals surface area contributed by atoms with Crippen LogP contribution in [0.15, 0.2) is 47.3 Å². The molecule has 0 spiro atoms. The molecule has 1 saturated carbocycles. The van der Waals surface area contributed by atoms with Crippen LogP contribution in [0.25, 0.3) is 21.9 Å². The molecule has 0 radical (unpaired) electrons. The van der Waals surface area contributed by atoms with Crippen LogP contribution in [0.5, 0.6) is 0 Å². The van der Waals surface area contributed by atoms with Gasteiger partial charge >= 0.3 is 5.69 Å². The van der Waals surface area contributed by atoms with Gasteiger partial charge in [0.2, 0.25) is 0 Å². The molecular formula is C24H24N4O2. The number of aromatic nitrogens is 3. The summed E-state index contributed by atoms with van der Waals surface area (Å²) in [6, 6.07) is 13.7. The monoisotopic (exact) mass is 400 g/mol. The summed E-state index contributed by atoms with van der Waals surface area (Å²) in [5, 5.41) is 3.92. The standard InChI is InChI=1S/C24H24N4O2/c1-14-11-15(2)22-17(13-19(16-7-8-16)26-20(22)12-14)23(29)25-9-10-28-21-6-4-3-5-18(21)27-24(28)30/h3-6,11-13,16H,7-10H2,1-2H3,(H,25,29)(H,27,30). The molecule has 5 rings (SSSR count). The first kappa shape index (κ1) is 18.6. The van der Waals surface area contributed by atoms with E-state index < -0.39 is 0 Å². The fourth-order valence-corrected chi connectivity index (χ4v) is 4.25. The minimum absolute atomic E-state index is 0.121. The van der Waals surface area contributed by atoms with Gasteiger partial charge in [-0.05, 0) is 62.1 Å². The molecule has 1 aliphatic carbocycles. The van der Waals surface area contributed by atoms with Crippen molar-refractivity contribution in [3.8, 4) is 0 Å². The van der Waals surface area contributed by atoms with E-state index in [9.17, 15) is 9.59 Å². The zero-order valence-electron chi connectivity index (χ0n) is 17.2. The third-order valence-electron chi connectivity index (χ3n) is 5.81. The summed E-state index contributed by atoms with van der Waals surface area (Å²) in [4.78, 5) is 33.1. The minimum atomic E-state index is -0.165. The summed E-state index contributed by atoms with van der Waals surface area (Å²) in [5.41, 5.74) is 6.24. The maximum Gasteiger partial charge on any atom is 0.326 e. The zero-order chi connectivity index (χ0) is 20.8. The van der Waals surface area contributed by atoms with Crippen LogP contribution in [0.1, 0.15) is 45.9 Å². The smallest absolute Gasteiger partial charge is 0.326 e. The summed E-state index contributed by atoms with van der Waals surface area (Å²) >= 11 is 0. The third kappa shape index (κ3) is 3.28. The predicted molar refractivity (Wildman–Crippen MR) is 118 cm³/mol. The number of benzene rings is 2. The number of aromatic amines is 1. The molecule has 0 saturated heterocycles. The van der Waals surface area contributed by atoms with E-state index in [0.29, 0.717) is 24.6 Å². The number of amides is 1. The molecule has 4 aromatic rings. The van der Waals surface area contributed by atoms with Crippen molar-refractivity contribution in [3.63, 3.8) is 0 Å². The number of aryl methyl sites for hydroxylation is 2. The molecule has 6 heteroatoms. The summed E-state index contributed by atoms with van der Waals surface area (Å²) in [6.45, 7) is 4.85. The fraction of sp³-hybridized carbons (Fsp3) is 0.292. The second-order valence-electron chi connectivity index (χ2n) is 8.20. The second-order valence-corrected chi connectivity index (χ2v) is 8.20. The molecule has 2 aromatic carbocycles. The number of carbonyl (C=O) groups excluding carboxylic acids is 1. The average molecular weight is 400 g/mol. The van der Waals surface area contributed by atoms with E-state index in [-0.39, 0.29) is 11.6 Å². The van der Waals surface area contributed by atoms with Crippen molar-refractivity contribution in [2.75, 3.05) is 6.54 Å². The van der Waals surface area contributed by atoms with E-state index in [1.165, 1.54) is 0 Å². The van der Waals surface area contributed by atoms with Crippen LogP contribution in [-0.2, 0) is 6.54 Å². The molecule has 0 bridgehead atoms. The molecule has 0 atom stereocenters. The van der Waals surface area contributed by atoms with Crippen molar-refractivity contribution in [2.45, 2.75) is 39.2 Å². The normalized spacial score (nSPS) is 13.8. The van der Waals surface area contributed by atoms with Crippen molar-refractivity contribution < 1.29 is 4.79 Å². The molecule has 0 aliphatic heterocycles. The maximum absolute atomic E-state index is 13.1. The number of H-pyrrole nitrogens is 1. The van der Waals surface area contributed by atoms with Gasteiger partial charge in [0.25, 0.3) is 5.91 Å². The fourth-order valence-electron chi connectivity index (χ4n) is 4.25. The molecule has 1 amide bonds. The van der Waals surface area contributed by atoms with Crippen LogP contribution in [0.3, 0.4) is 0 Å². The highest BCUT2D eigenvalue weighted by molar-refractivity contribution is 6.07. The lowest BCUT2D eigenvalue weighted by molar-refractivity contribution is 0.0953. The molecule has 0 unspecified atom stereocenters. The first-order valence-electron chi connectivity index (χ1n) is 10.4. The largest absolute Gasteiger partial charge is 0.350 e. The Morgan fingerprint density at radius 3 is 2.80 bits per heavy atom. The van der Waals surface area contributed by atoms with Crippen molar-refractivity contribution >= 4 is 27.8 Å². The molecule has 1 aliphatic rings. The SMILES string of the molecule is Cc1cc(C)c2c(C(=O)NCCn3c(=O)[nH]c4ccccc43)cc(C3CC3)nc2c1. The van der Waals surface area contributed by atoms with Crippen LogP contribution >= 0.6 is 0 Å². The Balaban J connectivity index is 1.43. The van der Waals surface area contributed by atoms with E-state index in [2.05, 4.69) is 29.4 Å². The zero-order valence-corrected chi connectivity index (χ0v) is 17.2. The number of pyridine rings is 1. The van der Waals surface area contributed by atoms with E-state index in [0.717, 1.165) is 51.6 Å². The van der Waals surface area contributed by atoms with Crippen molar-refractivity contribution in [1.29, 1.82) is 0 Å². The molecule has 1 fully saturated rings. The van der Waals surface area contributed by atoms with Crippen molar-refractivity contribution in [2.24, 2.45) is 0 Å². The van der Waals surface area contributed by atoms with Crippen molar-refractivity contribution in [1.82, 2.24) is 19.9 Å². The van der Waals surface area contributed by atoms with Gasteiger partial charge in [-0.2, -0.15) is 0 Å². The molecule has 2 N–H and O–H groups in total. The Kier molecular flexibility index (Phi) is 4.42. The lowest BCUT2D eigenvalue weighted by atomic mass is 9.99. The minimum Gasteiger partial charge on any atom is -0.350 e. The predicted octanol–water partition coefficient (Wildman–Crippen LogP) is 3.80. The van der Waals surface area contributed by atoms with Crippen LogP contribution in [-0.4, -0.2) is 27.0 Å². The number of hydrogen-bond donors (Lipinski definition) is 2. The average Bonchev–Trinajstić information content (AvgIpc) is 3.51. The lowest BCUT2D eigenvalue weighted by Gasteiger charge is -2.13. The van der Waals surface area contributed by atoms with Gasteiger partial charge < -0.3 is 10.3 Å². The van der Waals surface area contributed by atoms with E-state index in [1.54, 1.807) is 4.57 Å². The number of nitrogens with zero attached hydrogens (tertiary/aromatic N) is 2. The van der Waals surface area contributed by atoms with E-state index in [1.807, 2.05) is 37.3 Å². The van der Waals surface area contributed by atoms with Crippen LogP contribution in [0, 0.1) is 13.8 Å². The highest BCUT2D eigenvalue weighted by Crippen LogP contribution is 2.40. The summed E-state index contributed by atoms with van der Waals surface area (Å²) < 4.78 is 1.66. The number of nitrogens with one attached hydrogen (secondary N) is 2. The van der Waals surface area contributed by atoms with Gasteiger partial charge in [-0.1, -0.05) is 18.2 Å². The molecule has 30 heavy (non-hydrogen) atoms. The molecule has 2 aromatic heterocycles. The van der Waals surface area contributed by atoms with Crippen LogP contribution in [0.4, 0.5) is 0 Å².